The zero-order chi connectivity index (χ0) is 25.8. The average Bonchev–Trinajstić information content (AvgIpc) is 2.94. The molecule has 2 heterocycles. The van der Waals surface area contributed by atoms with Crippen molar-refractivity contribution >= 4 is 17.3 Å². The molecule has 2 aliphatic rings. The Kier molecular flexibility index (Phi) is 7.77. The standard InChI is InChI=1S/C31H39N5O/c1-23-7-10-29(36-19-17-34(3)18-20-36)22-30(23)31(37)33-24(2)26-5-4-6-27(21-26)25-8-11-28(12-9-25)35-15-13-32-14-16-35/h4-12,21-22,24,32H,13-20H2,1-3H3,(H,33,37). The molecule has 0 spiro atoms. The van der Waals surface area contributed by atoms with Crippen molar-refractivity contribution < 1.29 is 4.79 Å². The molecule has 37 heavy (non-hydrogen) atoms. The van der Waals surface area contributed by atoms with Crippen molar-refractivity contribution in [2.75, 3.05) is 69.2 Å². The molecule has 0 aliphatic carbocycles. The van der Waals surface area contributed by atoms with Gasteiger partial charge in [0.1, 0.15) is 0 Å². The normalized spacial score (nSPS) is 17.5. The van der Waals surface area contributed by atoms with Crippen LogP contribution >= 0.6 is 0 Å². The smallest absolute Gasteiger partial charge is 0.252 e. The summed E-state index contributed by atoms with van der Waals surface area (Å²) in [4.78, 5) is 20.5. The van der Waals surface area contributed by atoms with Crippen molar-refractivity contribution in [2.24, 2.45) is 0 Å². The molecular weight excluding hydrogens is 458 g/mol. The fourth-order valence-corrected chi connectivity index (χ4v) is 5.25. The molecule has 2 N–H and O–H groups in total. The maximum Gasteiger partial charge on any atom is 0.252 e. The van der Waals surface area contributed by atoms with Crippen LogP contribution in [-0.4, -0.2) is 70.2 Å². The Balaban J connectivity index is 1.27. The number of carbonyl (C=O) groups is 1. The molecule has 6 nitrogen and oxygen atoms in total. The zero-order valence-corrected chi connectivity index (χ0v) is 22.3. The van der Waals surface area contributed by atoms with E-state index in [1.165, 1.54) is 16.8 Å². The number of piperazine rings is 2. The second kappa shape index (κ2) is 11.4. The van der Waals surface area contributed by atoms with Crippen LogP contribution < -0.4 is 20.4 Å². The highest BCUT2D eigenvalue weighted by atomic mass is 16.1. The van der Waals surface area contributed by atoms with Crippen LogP contribution in [0.1, 0.15) is 34.5 Å². The van der Waals surface area contributed by atoms with Crippen molar-refractivity contribution in [1.82, 2.24) is 15.5 Å². The van der Waals surface area contributed by atoms with Crippen LogP contribution in [0.3, 0.4) is 0 Å². The second-order valence-electron chi connectivity index (χ2n) is 10.4. The van der Waals surface area contributed by atoms with Crippen LogP contribution in [0.5, 0.6) is 0 Å². The van der Waals surface area contributed by atoms with Crippen molar-refractivity contribution in [2.45, 2.75) is 19.9 Å². The summed E-state index contributed by atoms with van der Waals surface area (Å²) in [5.74, 6) is -0.0215. The Bertz CT molecular complexity index is 1210. The number of hydrogen-bond acceptors (Lipinski definition) is 5. The second-order valence-corrected chi connectivity index (χ2v) is 10.4. The van der Waals surface area contributed by atoms with Crippen LogP contribution in [0.2, 0.25) is 0 Å². The van der Waals surface area contributed by atoms with E-state index in [0.29, 0.717) is 0 Å². The number of nitrogens with zero attached hydrogens (tertiary/aromatic N) is 3. The van der Waals surface area contributed by atoms with Gasteiger partial charge in [0.25, 0.3) is 5.91 Å². The monoisotopic (exact) mass is 497 g/mol. The van der Waals surface area contributed by atoms with E-state index in [0.717, 1.165) is 74.7 Å². The minimum absolute atomic E-state index is 0.0215. The summed E-state index contributed by atoms with van der Waals surface area (Å²) < 4.78 is 0. The number of benzene rings is 3. The lowest BCUT2D eigenvalue weighted by molar-refractivity contribution is 0.0939. The zero-order valence-electron chi connectivity index (χ0n) is 22.3. The van der Waals surface area contributed by atoms with Crippen molar-refractivity contribution in [3.63, 3.8) is 0 Å². The van der Waals surface area contributed by atoms with E-state index in [4.69, 9.17) is 0 Å². The van der Waals surface area contributed by atoms with Crippen LogP contribution in [0.15, 0.2) is 66.7 Å². The van der Waals surface area contributed by atoms with Gasteiger partial charge in [0.2, 0.25) is 0 Å². The average molecular weight is 498 g/mol. The summed E-state index contributed by atoms with van der Waals surface area (Å²) in [6.45, 7) is 12.3. The SMILES string of the molecule is Cc1ccc(N2CCN(C)CC2)cc1C(=O)NC(C)c1cccc(-c2ccc(N3CCNCC3)cc2)c1. The first-order valence-electron chi connectivity index (χ1n) is 13.5. The number of nitrogens with one attached hydrogen (secondary N) is 2. The third-order valence-corrected chi connectivity index (χ3v) is 7.75. The molecular formula is C31H39N5O. The van der Waals surface area contributed by atoms with E-state index < -0.39 is 0 Å². The molecule has 0 saturated carbocycles. The highest BCUT2D eigenvalue weighted by molar-refractivity contribution is 5.97. The Morgan fingerprint density at radius 3 is 2.22 bits per heavy atom. The molecule has 1 atom stereocenters. The molecule has 194 valence electrons. The van der Waals surface area contributed by atoms with Crippen LogP contribution in [0.25, 0.3) is 11.1 Å². The molecule has 3 aromatic carbocycles. The topological polar surface area (TPSA) is 50.9 Å². The minimum Gasteiger partial charge on any atom is -0.369 e. The van der Waals surface area contributed by atoms with Gasteiger partial charge in [0.15, 0.2) is 0 Å². The Morgan fingerprint density at radius 1 is 0.811 bits per heavy atom. The van der Waals surface area contributed by atoms with Gasteiger partial charge in [-0.05, 0) is 73.5 Å². The lowest BCUT2D eigenvalue weighted by Gasteiger charge is -2.34. The number of anilines is 2. The van der Waals surface area contributed by atoms with Gasteiger partial charge < -0.3 is 25.3 Å². The highest BCUT2D eigenvalue weighted by Crippen LogP contribution is 2.27. The molecule has 1 unspecified atom stereocenters. The third kappa shape index (κ3) is 5.97. The van der Waals surface area contributed by atoms with Crippen molar-refractivity contribution in [1.29, 1.82) is 0 Å². The molecule has 0 bridgehead atoms. The Hall–Kier alpha value is -3.35. The van der Waals surface area contributed by atoms with Crippen LogP contribution in [0, 0.1) is 6.92 Å². The molecule has 6 heteroatoms. The number of rotatable bonds is 6. The predicted octanol–water partition coefficient (Wildman–Crippen LogP) is 4.31. The predicted molar refractivity (Wildman–Crippen MR) is 154 cm³/mol. The fraction of sp³-hybridized carbons (Fsp3) is 0.387. The van der Waals surface area contributed by atoms with Gasteiger partial charge in [0, 0.05) is 69.3 Å². The van der Waals surface area contributed by atoms with Crippen LogP contribution in [-0.2, 0) is 0 Å². The van der Waals surface area contributed by atoms with Crippen molar-refractivity contribution in [3.8, 4) is 11.1 Å². The highest BCUT2D eigenvalue weighted by Gasteiger charge is 2.19. The number of aryl methyl sites for hydroxylation is 1. The molecule has 0 radical (unpaired) electrons. The summed E-state index contributed by atoms with van der Waals surface area (Å²) in [5.41, 5.74) is 7.61. The number of likely N-dealkylation sites (N-methyl/N-ethyl adjacent to an activating group) is 1. The summed E-state index contributed by atoms with van der Waals surface area (Å²) in [5, 5.41) is 6.65. The first-order valence-corrected chi connectivity index (χ1v) is 13.5. The van der Waals surface area contributed by atoms with Gasteiger partial charge in [-0.1, -0.05) is 36.4 Å². The minimum atomic E-state index is -0.0979. The Labute approximate surface area is 221 Å². The Morgan fingerprint density at radius 2 is 1.49 bits per heavy atom. The first-order chi connectivity index (χ1) is 18.0. The van der Waals surface area contributed by atoms with Gasteiger partial charge in [-0.3, -0.25) is 4.79 Å². The molecule has 1 amide bonds. The molecule has 3 aromatic rings. The molecule has 0 aromatic heterocycles. The van der Waals surface area contributed by atoms with E-state index in [2.05, 4.69) is 106 Å². The lowest BCUT2D eigenvalue weighted by Crippen LogP contribution is -2.44. The summed E-state index contributed by atoms with van der Waals surface area (Å²) in [6.07, 6.45) is 0. The third-order valence-electron chi connectivity index (χ3n) is 7.75. The van der Waals surface area contributed by atoms with E-state index in [1.807, 2.05) is 6.92 Å². The molecule has 2 aliphatic heterocycles. The van der Waals surface area contributed by atoms with E-state index in [1.54, 1.807) is 0 Å². The first kappa shape index (κ1) is 25.3. The van der Waals surface area contributed by atoms with Gasteiger partial charge in [-0.15, -0.1) is 0 Å². The summed E-state index contributed by atoms with van der Waals surface area (Å²) in [6, 6.07) is 23.5. The summed E-state index contributed by atoms with van der Waals surface area (Å²) in [7, 11) is 2.16. The van der Waals surface area contributed by atoms with Gasteiger partial charge >= 0.3 is 0 Å². The van der Waals surface area contributed by atoms with Crippen LogP contribution in [0.4, 0.5) is 11.4 Å². The molecule has 5 rings (SSSR count). The fourth-order valence-electron chi connectivity index (χ4n) is 5.25. The maximum absolute atomic E-state index is 13.3. The number of carbonyl (C=O) groups excluding carboxylic acids is 1. The van der Waals surface area contributed by atoms with E-state index in [9.17, 15) is 4.79 Å². The molecule has 2 saturated heterocycles. The van der Waals surface area contributed by atoms with Gasteiger partial charge in [0.05, 0.1) is 6.04 Å². The van der Waals surface area contributed by atoms with Gasteiger partial charge in [-0.2, -0.15) is 0 Å². The summed E-state index contributed by atoms with van der Waals surface area (Å²) >= 11 is 0. The van der Waals surface area contributed by atoms with Gasteiger partial charge in [-0.25, -0.2) is 0 Å². The number of amides is 1. The maximum atomic E-state index is 13.3. The van der Waals surface area contributed by atoms with E-state index in [-0.39, 0.29) is 11.9 Å². The largest absolute Gasteiger partial charge is 0.369 e. The number of hydrogen-bond donors (Lipinski definition) is 2. The molecule has 2 fully saturated rings. The quantitative estimate of drug-likeness (QED) is 0.532. The lowest BCUT2D eigenvalue weighted by atomic mass is 9.99. The van der Waals surface area contributed by atoms with E-state index >= 15 is 0 Å². The van der Waals surface area contributed by atoms with Crippen molar-refractivity contribution in [3.05, 3.63) is 83.4 Å².